The van der Waals surface area contributed by atoms with E-state index in [1.165, 1.54) is 11.3 Å². The fourth-order valence-corrected chi connectivity index (χ4v) is 5.51. The van der Waals surface area contributed by atoms with E-state index < -0.39 is 17.6 Å². The molecule has 34 heavy (non-hydrogen) atoms. The smallest absolute Gasteiger partial charge is 0.307 e. The Bertz CT molecular complexity index is 1110. The van der Waals surface area contributed by atoms with Crippen LogP contribution < -0.4 is 4.90 Å². The van der Waals surface area contributed by atoms with Crippen molar-refractivity contribution in [2.45, 2.75) is 52.7 Å². The highest BCUT2D eigenvalue weighted by atomic mass is 32.1. The fourth-order valence-electron chi connectivity index (χ4n) is 4.48. The molecule has 0 saturated carbocycles. The van der Waals surface area contributed by atoms with Crippen molar-refractivity contribution >= 4 is 27.9 Å². The Morgan fingerprint density at radius 3 is 2.41 bits per heavy atom. The van der Waals surface area contributed by atoms with Gasteiger partial charge >= 0.3 is 5.97 Å². The Morgan fingerprint density at radius 1 is 1.15 bits per heavy atom. The minimum atomic E-state index is -0.823. The highest BCUT2D eigenvalue weighted by Gasteiger charge is 2.30. The summed E-state index contributed by atoms with van der Waals surface area (Å²) in [6.45, 7) is 13.6. The second-order valence-corrected chi connectivity index (χ2v) is 10.1. The van der Waals surface area contributed by atoms with E-state index in [1.54, 1.807) is 6.92 Å². The van der Waals surface area contributed by atoms with Crippen LogP contribution in [0, 0.1) is 6.92 Å². The normalized spacial score (nSPS) is 20.0. The Balaban J connectivity index is 1.71. The third kappa shape index (κ3) is 6.64. The molecule has 0 aliphatic carbocycles. The summed E-state index contributed by atoms with van der Waals surface area (Å²) in [6.07, 6.45) is 2.16. The van der Waals surface area contributed by atoms with Crippen LogP contribution in [-0.4, -0.2) is 41.1 Å². The molecule has 2 heterocycles. The zero-order valence-corrected chi connectivity index (χ0v) is 21.0. The summed E-state index contributed by atoms with van der Waals surface area (Å²) in [5, 5.41) is 10.2. The maximum Gasteiger partial charge on any atom is 0.307 e. The second kappa shape index (κ2) is 11.1. The van der Waals surface area contributed by atoms with Crippen LogP contribution in [0.15, 0.2) is 60.7 Å². The van der Waals surface area contributed by atoms with Crippen LogP contribution in [0.5, 0.6) is 0 Å². The predicted octanol–water partition coefficient (Wildman–Crippen LogP) is 6.52. The molecule has 7 heteroatoms. The molecular formula is C27H32F2N2O2S. The molecule has 1 aliphatic heterocycles. The largest absolute Gasteiger partial charge is 0.481 e. The van der Waals surface area contributed by atoms with E-state index in [2.05, 4.69) is 36.3 Å². The number of aryl methyl sites for hydroxylation is 1. The number of carbonyl (C=O) groups is 1. The SMILES string of the molecule is C=C(F)/C=C\C(F)=C(/C)c1ccc(N2C[C@@H](C)N(Cc3cc(C)cc(CC(=O)O)c3)[C@@H](C)C2)s1. The van der Waals surface area contributed by atoms with Gasteiger partial charge in [-0.1, -0.05) is 30.3 Å². The lowest BCUT2D eigenvalue weighted by Gasteiger charge is -2.45. The lowest BCUT2D eigenvalue weighted by atomic mass is 10.0. The van der Waals surface area contributed by atoms with Gasteiger partial charge in [0.1, 0.15) is 11.7 Å². The monoisotopic (exact) mass is 486 g/mol. The number of allylic oxidation sites excluding steroid dienone is 5. The number of carboxylic acid groups (broad SMARTS) is 1. The van der Waals surface area contributed by atoms with Crippen molar-refractivity contribution in [3.05, 3.63) is 82.3 Å². The Morgan fingerprint density at radius 2 is 1.79 bits per heavy atom. The number of anilines is 1. The summed E-state index contributed by atoms with van der Waals surface area (Å²) in [5.74, 6) is -1.98. The number of aliphatic carboxylic acids is 1. The van der Waals surface area contributed by atoms with E-state index in [-0.39, 0.29) is 18.5 Å². The number of hydrogen-bond donors (Lipinski definition) is 1. The molecule has 0 spiro atoms. The van der Waals surface area contributed by atoms with Gasteiger partial charge in [-0.3, -0.25) is 9.69 Å². The molecule has 1 aromatic carbocycles. The molecule has 3 rings (SSSR count). The van der Waals surface area contributed by atoms with Crippen LogP contribution >= 0.6 is 11.3 Å². The van der Waals surface area contributed by atoms with Crippen molar-refractivity contribution in [3.63, 3.8) is 0 Å². The standard InChI is InChI=1S/C27H32F2N2O2S/c1-17-10-22(13-27(32)33)12-23(11-17)16-31-19(3)14-30(15-20(31)4)26-9-8-25(34-26)21(5)24(29)7-6-18(2)28/h6-12,19-20H,2,13-16H2,1,3-5H3,(H,32,33)/b7-6-,24-21-/t19-,20+. The van der Waals surface area contributed by atoms with Crippen LogP contribution in [0.2, 0.25) is 0 Å². The number of carboxylic acids is 1. The van der Waals surface area contributed by atoms with Crippen molar-refractivity contribution in [2.75, 3.05) is 18.0 Å². The number of halogens is 2. The Kier molecular flexibility index (Phi) is 8.44. The van der Waals surface area contributed by atoms with Gasteiger partial charge in [0, 0.05) is 42.2 Å². The van der Waals surface area contributed by atoms with Gasteiger partial charge < -0.3 is 10.0 Å². The van der Waals surface area contributed by atoms with Crippen molar-refractivity contribution in [2.24, 2.45) is 0 Å². The molecule has 1 fully saturated rings. The van der Waals surface area contributed by atoms with Gasteiger partial charge in [-0.15, -0.1) is 11.3 Å². The minimum absolute atomic E-state index is 0.0288. The van der Waals surface area contributed by atoms with Gasteiger partial charge in [-0.2, -0.15) is 0 Å². The van der Waals surface area contributed by atoms with Crippen molar-refractivity contribution in [1.82, 2.24) is 4.90 Å². The molecule has 1 N–H and O–H groups in total. The Hall–Kier alpha value is -2.77. The first-order valence-electron chi connectivity index (χ1n) is 11.3. The average molecular weight is 487 g/mol. The van der Waals surface area contributed by atoms with E-state index in [9.17, 15) is 13.6 Å². The molecule has 1 saturated heterocycles. The van der Waals surface area contributed by atoms with Crippen molar-refractivity contribution < 1.29 is 18.7 Å². The molecule has 0 amide bonds. The number of benzene rings is 1. The van der Waals surface area contributed by atoms with Gasteiger partial charge in [0.15, 0.2) is 0 Å². The van der Waals surface area contributed by atoms with Gasteiger partial charge in [0.2, 0.25) is 0 Å². The number of rotatable bonds is 8. The van der Waals surface area contributed by atoms with Crippen LogP contribution in [-0.2, 0) is 17.8 Å². The first-order chi connectivity index (χ1) is 16.0. The molecule has 1 aliphatic rings. The lowest BCUT2D eigenvalue weighted by molar-refractivity contribution is -0.136. The van der Waals surface area contributed by atoms with E-state index in [4.69, 9.17) is 5.11 Å². The molecule has 4 nitrogen and oxygen atoms in total. The summed E-state index contributed by atoms with van der Waals surface area (Å²) in [4.78, 5) is 16.7. The number of thiophene rings is 1. The molecule has 2 atom stereocenters. The van der Waals surface area contributed by atoms with Crippen LogP contribution in [0.25, 0.3) is 5.57 Å². The summed E-state index contributed by atoms with van der Waals surface area (Å²) in [7, 11) is 0. The summed E-state index contributed by atoms with van der Waals surface area (Å²) in [6, 6.07) is 10.5. The van der Waals surface area contributed by atoms with Gasteiger partial charge in [0.25, 0.3) is 0 Å². The molecule has 182 valence electrons. The molecule has 0 bridgehead atoms. The maximum atomic E-state index is 14.3. The lowest BCUT2D eigenvalue weighted by Crippen LogP contribution is -2.56. The quantitative estimate of drug-likeness (QED) is 0.431. The first kappa shape index (κ1) is 25.8. The highest BCUT2D eigenvalue weighted by molar-refractivity contribution is 7.17. The maximum absolute atomic E-state index is 14.3. The summed E-state index contributed by atoms with van der Waals surface area (Å²) < 4.78 is 27.1. The third-order valence-electron chi connectivity index (χ3n) is 6.06. The van der Waals surface area contributed by atoms with Gasteiger partial charge in [-0.25, -0.2) is 8.78 Å². The average Bonchev–Trinajstić information content (AvgIpc) is 3.23. The number of nitrogens with zero attached hydrogens (tertiary/aromatic N) is 2. The highest BCUT2D eigenvalue weighted by Crippen LogP contribution is 2.35. The van der Waals surface area contributed by atoms with E-state index in [1.807, 2.05) is 31.2 Å². The molecule has 0 radical (unpaired) electrons. The van der Waals surface area contributed by atoms with Crippen LogP contribution in [0.1, 0.15) is 42.3 Å². The molecular weight excluding hydrogens is 454 g/mol. The van der Waals surface area contributed by atoms with E-state index in [0.29, 0.717) is 5.57 Å². The Labute approximate surface area is 204 Å². The topological polar surface area (TPSA) is 43.8 Å². The summed E-state index contributed by atoms with van der Waals surface area (Å²) >= 11 is 1.53. The third-order valence-corrected chi connectivity index (χ3v) is 7.33. The van der Waals surface area contributed by atoms with Crippen molar-refractivity contribution in [3.8, 4) is 0 Å². The zero-order chi connectivity index (χ0) is 25.0. The summed E-state index contributed by atoms with van der Waals surface area (Å²) in [5.41, 5.74) is 3.50. The molecule has 2 aromatic rings. The minimum Gasteiger partial charge on any atom is -0.481 e. The predicted molar refractivity (Wildman–Crippen MR) is 137 cm³/mol. The molecule has 1 aromatic heterocycles. The number of hydrogen-bond acceptors (Lipinski definition) is 4. The van der Waals surface area contributed by atoms with Gasteiger partial charge in [0.05, 0.1) is 11.4 Å². The van der Waals surface area contributed by atoms with E-state index >= 15 is 0 Å². The van der Waals surface area contributed by atoms with E-state index in [0.717, 1.165) is 58.4 Å². The van der Waals surface area contributed by atoms with Crippen molar-refractivity contribution in [1.29, 1.82) is 0 Å². The molecule has 0 unspecified atom stereocenters. The first-order valence-corrected chi connectivity index (χ1v) is 12.2. The second-order valence-electron chi connectivity index (χ2n) is 9.06. The van der Waals surface area contributed by atoms with Gasteiger partial charge in [-0.05, 0) is 63.1 Å². The van der Waals surface area contributed by atoms with Crippen LogP contribution in [0.3, 0.4) is 0 Å². The zero-order valence-electron chi connectivity index (χ0n) is 20.1. The van der Waals surface area contributed by atoms with Crippen LogP contribution in [0.4, 0.5) is 13.8 Å². The fraction of sp³-hybridized carbons (Fsp3) is 0.370. The number of piperazine rings is 1.